The molecule has 1 saturated heterocycles. The van der Waals surface area contributed by atoms with Gasteiger partial charge >= 0.3 is 0 Å². The summed E-state index contributed by atoms with van der Waals surface area (Å²) in [4.78, 5) is 11.5. The number of nitrogens with one attached hydrogen (secondary N) is 2. The van der Waals surface area contributed by atoms with E-state index in [9.17, 15) is 4.79 Å². The molecule has 1 aliphatic heterocycles. The number of methoxy groups -OCH3 is 1. The molecule has 1 unspecified atom stereocenters. The fourth-order valence-electron chi connectivity index (χ4n) is 2.62. The van der Waals surface area contributed by atoms with Gasteiger partial charge in [0.15, 0.2) is 0 Å². The van der Waals surface area contributed by atoms with Crippen molar-refractivity contribution < 1.29 is 14.3 Å². The van der Waals surface area contributed by atoms with Crippen LogP contribution >= 0.6 is 0 Å². The smallest absolute Gasteiger partial charge is 0.237 e. The zero-order chi connectivity index (χ0) is 16.8. The average Bonchev–Trinajstić information content (AvgIpc) is 3.04. The minimum absolute atomic E-state index is 0.0731. The van der Waals surface area contributed by atoms with Crippen molar-refractivity contribution in [3.63, 3.8) is 0 Å². The van der Waals surface area contributed by atoms with Gasteiger partial charge in [-0.2, -0.15) is 0 Å². The second kappa shape index (κ2) is 7.84. The van der Waals surface area contributed by atoms with E-state index in [2.05, 4.69) is 10.6 Å². The summed E-state index contributed by atoms with van der Waals surface area (Å²) < 4.78 is 10.9. The minimum atomic E-state index is -0.0731. The van der Waals surface area contributed by atoms with Crippen LogP contribution in [0.15, 0.2) is 48.5 Å². The maximum absolute atomic E-state index is 11.5. The van der Waals surface area contributed by atoms with Gasteiger partial charge in [0.1, 0.15) is 18.1 Å². The predicted octanol–water partition coefficient (Wildman–Crippen LogP) is 2.25. The molecule has 1 atom stereocenters. The maximum atomic E-state index is 11.5. The molecular weight excluding hydrogens is 304 g/mol. The van der Waals surface area contributed by atoms with E-state index in [4.69, 9.17) is 9.47 Å². The Kier molecular flexibility index (Phi) is 5.33. The van der Waals surface area contributed by atoms with Crippen molar-refractivity contribution in [2.24, 2.45) is 0 Å². The Hall–Kier alpha value is -2.53. The van der Waals surface area contributed by atoms with Crippen LogP contribution in [0.3, 0.4) is 0 Å². The Morgan fingerprint density at radius 3 is 2.33 bits per heavy atom. The molecule has 0 spiro atoms. The molecule has 2 N–H and O–H groups in total. The predicted molar refractivity (Wildman–Crippen MR) is 92.0 cm³/mol. The molecule has 5 nitrogen and oxygen atoms in total. The lowest BCUT2D eigenvalue weighted by atomic mass is 10.2. The Morgan fingerprint density at radius 1 is 1.04 bits per heavy atom. The highest BCUT2D eigenvalue weighted by Crippen LogP contribution is 2.16. The molecule has 0 aromatic heterocycles. The number of carbonyl (C=O) groups excluding carboxylic acids is 1. The summed E-state index contributed by atoms with van der Waals surface area (Å²) in [6.45, 7) is 1.95. The molecule has 5 heteroatoms. The minimum Gasteiger partial charge on any atom is -0.497 e. The maximum Gasteiger partial charge on any atom is 0.237 e. The summed E-state index contributed by atoms with van der Waals surface area (Å²) in [6, 6.07) is 15.7. The van der Waals surface area contributed by atoms with Crippen molar-refractivity contribution in [1.82, 2.24) is 10.6 Å². The molecule has 0 aliphatic carbocycles. The Bertz CT molecular complexity index is 668. The van der Waals surface area contributed by atoms with Crippen LogP contribution in [-0.4, -0.2) is 25.6 Å². The zero-order valence-electron chi connectivity index (χ0n) is 13.7. The van der Waals surface area contributed by atoms with E-state index in [-0.39, 0.29) is 11.9 Å². The third kappa shape index (κ3) is 4.26. The molecule has 24 heavy (non-hydrogen) atoms. The van der Waals surface area contributed by atoms with Gasteiger partial charge in [0.05, 0.1) is 13.2 Å². The first-order valence-electron chi connectivity index (χ1n) is 8.10. The Labute approximate surface area is 142 Å². The first-order valence-corrected chi connectivity index (χ1v) is 8.10. The van der Waals surface area contributed by atoms with Gasteiger partial charge in [-0.15, -0.1) is 0 Å². The Morgan fingerprint density at radius 2 is 1.71 bits per heavy atom. The van der Waals surface area contributed by atoms with Crippen molar-refractivity contribution in [1.29, 1.82) is 0 Å². The first kappa shape index (κ1) is 16.3. The quantitative estimate of drug-likeness (QED) is 0.819. The molecule has 1 fully saturated rings. The van der Waals surface area contributed by atoms with Crippen molar-refractivity contribution in [3.8, 4) is 11.5 Å². The van der Waals surface area contributed by atoms with Crippen molar-refractivity contribution in [2.75, 3.05) is 13.7 Å². The number of rotatable bonds is 7. The van der Waals surface area contributed by atoms with Gasteiger partial charge < -0.3 is 20.1 Å². The highest BCUT2D eigenvalue weighted by molar-refractivity contribution is 5.83. The average molecular weight is 326 g/mol. The lowest BCUT2D eigenvalue weighted by molar-refractivity contribution is -0.120. The molecule has 3 rings (SSSR count). The summed E-state index contributed by atoms with van der Waals surface area (Å²) in [7, 11) is 1.65. The third-order valence-corrected chi connectivity index (χ3v) is 4.09. The lowest BCUT2D eigenvalue weighted by Gasteiger charge is -2.11. The van der Waals surface area contributed by atoms with Crippen molar-refractivity contribution in [2.45, 2.75) is 25.6 Å². The SMILES string of the molecule is COc1ccc(COc2ccc(CNC3CCNC3=O)cc2)cc1. The van der Waals surface area contributed by atoms with Crippen LogP contribution in [0.4, 0.5) is 0 Å². The molecule has 2 aromatic rings. The Balaban J connectivity index is 1.47. The van der Waals surface area contributed by atoms with E-state index in [0.29, 0.717) is 13.2 Å². The fraction of sp³-hybridized carbons (Fsp3) is 0.316. The van der Waals surface area contributed by atoms with Gasteiger partial charge in [-0.1, -0.05) is 24.3 Å². The monoisotopic (exact) mass is 326 g/mol. The number of benzene rings is 2. The number of hydrogen-bond acceptors (Lipinski definition) is 4. The van der Waals surface area contributed by atoms with E-state index < -0.39 is 0 Å². The van der Waals surface area contributed by atoms with Crippen LogP contribution in [0.25, 0.3) is 0 Å². The zero-order valence-corrected chi connectivity index (χ0v) is 13.7. The largest absolute Gasteiger partial charge is 0.497 e. The highest BCUT2D eigenvalue weighted by Gasteiger charge is 2.22. The fourth-order valence-corrected chi connectivity index (χ4v) is 2.62. The first-order chi connectivity index (χ1) is 11.7. The van der Waals surface area contributed by atoms with Crippen LogP contribution in [-0.2, 0) is 17.9 Å². The molecule has 0 saturated carbocycles. The van der Waals surface area contributed by atoms with Gasteiger partial charge in [0.25, 0.3) is 0 Å². The second-order valence-corrected chi connectivity index (χ2v) is 5.79. The number of hydrogen-bond donors (Lipinski definition) is 2. The third-order valence-electron chi connectivity index (χ3n) is 4.09. The van der Waals surface area contributed by atoms with Crippen molar-refractivity contribution >= 4 is 5.91 Å². The van der Waals surface area contributed by atoms with Gasteiger partial charge in [-0.05, 0) is 41.8 Å². The molecule has 0 radical (unpaired) electrons. The molecular formula is C19H22N2O3. The van der Waals surface area contributed by atoms with Crippen molar-refractivity contribution in [3.05, 3.63) is 59.7 Å². The summed E-state index contributed by atoms with van der Waals surface area (Å²) in [5, 5.41) is 6.10. The molecule has 2 aromatic carbocycles. The topological polar surface area (TPSA) is 59.6 Å². The molecule has 1 amide bonds. The van der Waals surface area contributed by atoms with Crippen LogP contribution in [0.1, 0.15) is 17.5 Å². The summed E-state index contributed by atoms with van der Waals surface area (Å²) in [6.07, 6.45) is 0.849. The number of ether oxygens (including phenoxy) is 2. The van der Waals surface area contributed by atoms with E-state index in [1.807, 2.05) is 48.5 Å². The van der Waals surface area contributed by atoms with E-state index in [1.165, 1.54) is 0 Å². The summed E-state index contributed by atoms with van der Waals surface area (Å²) in [5.74, 6) is 1.76. The number of amides is 1. The lowest BCUT2D eigenvalue weighted by Crippen LogP contribution is -2.35. The normalized spacial score (nSPS) is 16.7. The molecule has 126 valence electrons. The van der Waals surface area contributed by atoms with E-state index in [0.717, 1.165) is 35.6 Å². The van der Waals surface area contributed by atoms with Crippen LogP contribution in [0, 0.1) is 0 Å². The van der Waals surface area contributed by atoms with Gasteiger partial charge in [0, 0.05) is 13.1 Å². The van der Waals surface area contributed by atoms with E-state index in [1.54, 1.807) is 7.11 Å². The molecule has 1 heterocycles. The van der Waals surface area contributed by atoms with Crippen LogP contribution in [0.2, 0.25) is 0 Å². The van der Waals surface area contributed by atoms with Gasteiger partial charge in [-0.3, -0.25) is 4.79 Å². The second-order valence-electron chi connectivity index (χ2n) is 5.79. The van der Waals surface area contributed by atoms with Gasteiger partial charge in [-0.25, -0.2) is 0 Å². The van der Waals surface area contributed by atoms with Gasteiger partial charge in [0.2, 0.25) is 5.91 Å². The summed E-state index contributed by atoms with van der Waals surface area (Å²) in [5.41, 5.74) is 2.22. The number of carbonyl (C=O) groups is 1. The molecule has 0 bridgehead atoms. The van der Waals surface area contributed by atoms with E-state index >= 15 is 0 Å². The standard InChI is InChI=1S/C19H22N2O3/c1-23-16-6-4-15(5-7-16)13-24-17-8-2-14(3-9-17)12-21-18-10-11-20-19(18)22/h2-9,18,21H,10-13H2,1H3,(H,20,22). The van der Waals surface area contributed by atoms with Crippen LogP contribution in [0.5, 0.6) is 11.5 Å². The molecule has 1 aliphatic rings. The van der Waals surface area contributed by atoms with Crippen LogP contribution < -0.4 is 20.1 Å². The summed E-state index contributed by atoms with van der Waals surface area (Å²) >= 11 is 0. The highest BCUT2D eigenvalue weighted by atomic mass is 16.5.